The molecule has 0 bridgehead atoms. The molecule has 1 amide bonds. The van der Waals surface area contributed by atoms with Crippen molar-refractivity contribution >= 4 is 23.6 Å². The average molecular weight is 365 g/mol. The van der Waals surface area contributed by atoms with Gasteiger partial charge < -0.3 is 15.1 Å². The fourth-order valence-electron chi connectivity index (χ4n) is 4.34. The van der Waals surface area contributed by atoms with Gasteiger partial charge in [0, 0.05) is 22.3 Å². The molecule has 4 rings (SSSR count). The van der Waals surface area contributed by atoms with Crippen molar-refractivity contribution in [2.45, 2.75) is 44.2 Å². The molecule has 0 saturated carbocycles. The highest BCUT2D eigenvalue weighted by Crippen LogP contribution is 2.53. The average Bonchev–Trinajstić information content (AvgIpc) is 3.16. The molecular formula is C16H21N4O4S+. The Hall–Kier alpha value is -1.87. The van der Waals surface area contributed by atoms with Crippen LogP contribution in [0.3, 0.4) is 0 Å². The molecule has 134 valence electrons. The molecule has 3 aliphatic rings. The lowest BCUT2D eigenvalue weighted by molar-refractivity contribution is -0.691. The second kappa shape index (κ2) is 5.57. The number of aliphatic hydroxyl groups excluding tert-OH is 1. The Morgan fingerprint density at radius 1 is 1.52 bits per heavy atom. The van der Waals surface area contributed by atoms with Gasteiger partial charge in [0.25, 0.3) is 6.33 Å². The molecule has 1 fully saturated rings. The van der Waals surface area contributed by atoms with Crippen LogP contribution in [0, 0.1) is 11.8 Å². The van der Waals surface area contributed by atoms with Crippen molar-refractivity contribution in [2.75, 3.05) is 0 Å². The molecule has 0 aromatic carbocycles. The smallest absolute Gasteiger partial charge is 0.353 e. The Bertz CT molecular complexity index is 802. The van der Waals surface area contributed by atoms with Crippen LogP contribution in [0.5, 0.6) is 0 Å². The van der Waals surface area contributed by atoms with E-state index in [0.29, 0.717) is 0 Å². The topological polar surface area (TPSA) is 99.5 Å². The minimum Gasteiger partial charge on any atom is -0.477 e. The zero-order valence-corrected chi connectivity index (χ0v) is 15.1. The fourth-order valence-corrected chi connectivity index (χ4v) is 5.91. The van der Waals surface area contributed by atoms with Gasteiger partial charge in [0.2, 0.25) is 11.7 Å². The van der Waals surface area contributed by atoms with E-state index in [0.717, 1.165) is 23.7 Å². The third-order valence-corrected chi connectivity index (χ3v) is 7.04. The minimum absolute atomic E-state index is 0.0880. The van der Waals surface area contributed by atoms with Crippen molar-refractivity contribution in [3.8, 4) is 0 Å². The number of rotatable bonds is 4. The summed E-state index contributed by atoms with van der Waals surface area (Å²) >= 11 is 1.53. The maximum atomic E-state index is 12.4. The van der Waals surface area contributed by atoms with Crippen LogP contribution in [-0.4, -0.2) is 48.9 Å². The molecule has 0 spiro atoms. The third kappa shape index (κ3) is 2.18. The molecule has 0 radical (unpaired) electrons. The molecule has 1 aromatic heterocycles. The number of hydrogen-bond acceptors (Lipinski definition) is 5. The maximum Gasteiger partial charge on any atom is 0.353 e. The van der Waals surface area contributed by atoms with E-state index in [1.807, 2.05) is 18.7 Å². The predicted octanol–water partition coefficient (Wildman–Crippen LogP) is 0.0393. The lowest BCUT2D eigenvalue weighted by Crippen LogP contribution is -2.63. The van der Waals surface area contributed by atoms with Gasteiger partial charge in [-0.2, -0.15) is 0 Å². The van der Waals surface area contributed by atoms with Crippen LogP contribution in [0.1, 0.15) is 31.3 Å². The normalized spacial score (nSPS) is 31.8. The summed E-state index contributed by atoms with van der Waals surface area (Å²) < 4.78 is 3.90. The lowest BCUT2D eigenvalue weighted by atomic mass is 9.79. The number of fused-ring (bicyclic) bond motifs is 2. The van der Waals surface area contributed by atoms with Crippen LogP contribution in [-0.2, 0) is 23.2 Å². The van der Waals surface area contributed by atoms with Gasteiger partial charge in [-0.25, -0.2) is 9.36 Å². The number of aryl methyl sites for hydroxylation is 2. The van der Waals surface area contributed by atoms with E-state index in [1.54, 1.807) is 13.3 Å². The number of hydrogen-bond donors (Lipinski definition) is 2. The number of amides is 1. The van der Waals surface area contributed by atoms with E-state index in [4.69, 9.17) is 0 Å². The first-order valence-corrected chi connectivity index (χ1v) is 9.27. The summed E-state index contributed by atoms with van der Waals surface area (Å²) in [5.41, 5.74) is 0.0880. The summed E-state index contributed by atoms with van der Waals surface area (Å²) in [6.07, 6.45) is 1.92. The SMILES string of the molecule is C[C@@H](O)[C@H]1C(=O)N2C(C(=O)O)=C(SC3CC[n+]4cnn(C)c43)[C@H](C)[C@H]12. The molecule has 4 heterocycles. The molecule has 9 heteroatoms. The fraction of sp³-hybridized carbons (Fsp3) is 0.625. The zero-order valence-electron chi connectivity index (χ0n) is 14.3. The van der Waals surface area contributed by atoms with Gasteiger partial charge in [0.1, 0.15) is 10.9 Å². The van der Waals surface area contributed by atoms with Gasteiger partial charge in [-0.1, -0.05) is 6.92 Å². The predicted molar refractivity (Wildman–Crippen MR) is 88.0 cm³/mol. The molecule has 1 saturated heterocycles. The summed E-state index contributed by atoms with van der Waals surface area (Å²) in [4.78, 5) is 26.3. The standard InChI is InChI=1S/C16H20N4O4S/c1-7-11-10(8(2)21)15(22)20(11)12(16(23)24)13(7)25-9-4-5-19-6-17-18(3)14(9)19/h6-11,21H,4-5H2,1-3H3/p+1/t7-,8-,9?,10-,11-/m1/s1. The molecule has 8 nitrogen and oxygen atoms in total. The van der Waals surface area contributed by atoms with E-state index in [2.05, 4.69) is 9.67 Å². The van der Waals surface area contributed by atoms with E-state index >= 15 is 0 Å². The van der Waals surface area contributed by atoms with E-state index in [9.17, 15) is 19.8 Å². The van der Waals surface area contributed by atoms with Crippen molar-refractivity contribution in [2.24, 2.45) is 18.9 Å². The number of carbonyl (C=O) groups is 2. The Balaban J connectivity index is 1.68. The number of carboxylic acids is 1. The van der Waals surface area contributed by atoms with Crippen LogP contribution in [0.15, 0.2) is 16.9 Å². The summed E-state index contributed by atoms with van der Waals surface area (Å²) in [6, 6.07) is -0.263. The van der Waals surface area contributed by atoms with Gasteiger partial charge in [-0.15, -0.1) is 16.4 Å². The molecule has 3 aliphatic heterocycles. The number of carboxylic acid groups (broad SMARTS) is 1. The second-order valence-corrected chi connectivity index (χ2v) is 8.22. The van der Waals surface area contributed by atoms with Crippen molar-refractivity contribution < 1.29 is 24.4 Å². The summed E-state index contributed by atoms with van der Waals surface area (Å²) in [5.74, 6) is -0.933. The van der Waals surface area contributed by atoms with Gasteiger partial charge in [0.05, 0.1) is 31.7 Å². The van der Waals surface area contributed by atoms with Crippen molar-refractivity contribution in [3.63, 3.8) is 0 Å². The lowest BCUT2D eigenvalue weighted by Gasteiger charge is -2.46. The van der Waals surface area contributed by atoms with Gasteiger partial charge >= 0.3 is 5.97 Å². The molecule has 25 heavy (non-hydrogen) atoms. The van der Waals surface area contributed by atoms with Crippen LogP contribution >= 0.6 is 11.8 Å². The first-order valence-electron chi connectivity index (χ1n) is 8.39. The quantitative estimate of drug-likeness (QED) is 0.577. The van der Waals surface area contributed by atoms with Gasteiger partial charge in [-0.05, 0) is 6.92 Å². The number of nitrogens with zero attached hydrogens (tertiary/aromatic N) is 4. The van der Waals surface area contributed by atoms with Crippen molar-refractivity contribution in [3.05, 3.63) is 22.8 Å². The number of aliphatic hydroxyl groups is 1. The van der Waals surface area contributed by atoms with E-state index in [1.165, 1.54) is 16.7 Å². The van der Waals surface area contributed by atoms with E-state index < -0.39 is 18.0 Å². The summed E-state index contributed by atoms with van der Waals surface area (Å²) in [5, 5.41) is 24.0. The highest BCUT2D eigenvalue weighted by atomic mass is 32.2. The second-order valence-electron chi connectivity index (χ2n) is 6.97. The molecule has 1 aromatic rings. The van der Waals surface area contributed by atoms with Crippen LogP contribution in [0.4, 0.5) is 0 Å². The summed E-state index contributed by atoms with van der Waals surface area (Å²) in [6.45, 7) is 4.39. The Kier molecular flexibility index (Phi) is 3.69. The third-order valence-electron chi connectivity index (χ3n) is 5.49. The number of carbonyl (C=O) groups excluding carboxylic acids is 1. The molecule has 0 aliphatic carbocycles. The van der Waals surface area contributed by atoms with Crippen LogP contribution < -0.4 is 4.57 Å². The Morgan fingerprint density at radius 2 is 2.24 bits per heavy atom. The molecule has 5 atom stereocenters. The maximum absolute atomic E-state index is 12.4. The number of aliphatic carboxylic acids is 1. The molecule has 1 unspecified atom stereocenters. The number of thioether (sulfide) groups is 1. The highest BCUT2D eigenvalue weighted by Gasteiger charge is 2.60. The molecule has 2 N–H and O–H groups in total. The van der Waals surface area contributed by atoms with Gasteiger partial charge in [0.15, 0.2) is 0 Å². The first kappa shape index (κ1) is 16.6. The Morgan fingerprint density at radius 3 is 2.88 bits per heavy atom. The highest BCUT2D eigenvalue weighted by molar-refractivity contribution is 8.03. The van der Waals surface area contributed by atoms with Crippen LogP contribution in [0.25, 0.3) is 0 Å². The Labute approximate surface area is 149 Å². The largest absolute Gasteiger partial charge is 0.477 e. The van der Waals surface area contributed by atoms with Gasteiger partial charge in [-0.3, -0.25) is 4.79 Å². The zero-order chi connectivity index (χ0) is 18.0. The number of β-lactam (4-membered cyclic amide) rings is 1. The summed E-state index contributed by atoms with van der Waals surface area (Å²) in [7, 11) is 1.88. The first-order chi connectivity index (χ1) is 11.8. The van der Waals surface area contributed by atoms with Crippen molar-refractivity contribution in [1.82, 2.24) is 14.7 Å². The molecular weight excluding hydrogens is 344 g/mol. The van der Waals surface area contributed by atoms with Crippen LogP contribution in [0.2, 0.25) is 0 Å². The number of aromatic nitrogens is 3. The minimum atomic E-state index is -1.08. The monoisotopic (exact) mass is 365 g/mol. The van der Waals surface area contributed by atoms with E-state index in [-0.39, 0.29) is 28.8 Å². The van der Waals surface area contributed by atoms with Crippen molar-refractivity contribution in [1.29, 1.82) is 0 Å².